The topological polar surface area (TPSA) is 45.6 Å². The van der Waals surface area contributed by atoms with Crippen LogP contribution in [0.4, 0.5) is 13.2 Å². The number of ether oxygens (including phenoxy) is 1. The number of alkyl halides is 3. The highest BCUT2D eigenvalue weighted by molar-refractivity contribution is 5.77. The van der Waals surface area contributed by atoms with E-state index >= 15 is 0 Å². The van der Waals surface area contributed by atoms with Crippen LogP contribution in [0.5, 0.6) is 5.75 Å². The third-order valence-electron chi connectivity index (χ3n) is 7.07. The van der Waals surface area contributed by atoms with E-state index in [-0.39, 0.29) is 0 Å². The summed E-state index contributed by atoms with van der Waals surface area (Å²) in [7, 11) is 0. The van der Waals surface area contributed by atoms with Crippen molar-refractivity contribution in [2.24, 2.45) is 0 Å². The first kappa shape index (κ1) is 28.5. The number of aromatic hydroxyl groups is 1. The van der Waals surface area contributed by atoms with Gasteiger partial charge in [0, 0.05) is 37.0 Å². The summed E-state index contributed by atoms with van der Waals surface area (Å²) in [5, 5.41) is 11.7. The molecule has 0 spiro atoms. The van der Waals surface area contributed by atoms with E-state index in [0.29, 0.717) is 37.5 Å². The monoisotopic (exact) mass is 506 g/mol. The molecule has 0 aliphatic carbocycles. The predicted molar refractivity (Wildman–Crippen MR) is 138 cm³/mol. The molecule has 1 aliphatic rings. The van der Waals surface area contributed by atoms with E-state index in [4.69, 9.17) is 4.74 Å². The normalized spacial score (nSPS) is 14.9. The smallest absolute Gasteiger partial charge is 0.433 e. The van der Waals surface area contributed by atoms with Crippen LogP contribution in [0, 0.1) is 0 Å². The van der Waals surface area contributed by atoms with Gasteiger partial charge in [-0.15, -0.1) is 0 Å². The fraction of sp³-hybridized carbons (Fsp3) is 0.621. The van der Waals surface area contributed by atoms with Crippen molar-refractivity contribution in [1.29, 1.82) is 0 Å². The van der Waals surface area contributed by atoms with Crippen molar-refractivity contribution in [2.75, 3.05) is 26.3 Å². The minimum absolute atomic E-state index is 0.329. The van der Waals surface area contributed by atoms with E-state index in [9.17, 15) is 18.3 Å². The van der Waals surface area contributed by atoms with Crippen LogP contribution in [0.3, 0.4) is 0 Å². The number of unbranched alkanes of at least 4 members (excludes halogenated alkanes) is 3. The van der Waals surface area contributed by atoms with Gasteiger partial charge in [-0.25, -0.2) is 0 Å². The molecule has 1 fully saturated rings. The number of halogens is 3. The van der Waals surface area contributed by atoms with Crippen molar-refractivity contribution in [3.63, 3.8) is 0 Å². The van der Waals surface area contributed by atoms with E-state index in [2.05, 4.69) is 30.7 Å². The van der Waals surface area contributed by atoms with E-state index < -0.39 is 11.9 Å². The lowest BCUT2D eigenvalue weighted by atomic mass is 9.82. The number of phenols is 1. The summed E-state index contributed by atoms with van der Waals surface area (Å²) >= 11 is 0. The largest absolute Gasteiger partial charge is 0.507 e. The van der Waals surface area contributed by atoms with Crippen LogP contribution in [-0.2, 0) is 36.7 Å². The Morgan fingerprint density at radius 3 is 1.97 bits per heavy atom. The molecule has 2 aromatic rings. The molecular weight excluding hydrogens is 465 g/mol. The predicted octanol–water partition coefficient (Wildman–Crippen LogP) is 7.33. The van der Waals surface area contributed by atoms with E-state index in [0.717, 1.165) is 92.8 Å². The summed E-state index contributed by atoms with van der Waals surface area (Å²) in [4.78, 5) is 6.15. The number of benzene rings is 1. The number of nitrogens with zero attached hydrogens (tertiary/aromatic N) is 2. The Morgan fingerprint density at radius 1 is 0.861 bits per heavy atom. The fourth-order valence-corrected chi connectivity index (χ4v) is 5.04. The molecule has 1 saturated heterocycles. The summed E-state index contributed by atoms with van der Waals surface area (Å²) in [6.45, 7) is 10.2. The maximum atomic E-state index is 13.3. The van der Waals surface area contributed by atoms with Crippen LogP contribution in [-0.4, -0.2) is 41.3 Å². The number of morpholine rings is 1. The molecule has 1 N–H and O–H groups in total. The zero-order chi connectivity index (χ0) is 26.1. The fourth-order valence-electron chi connectivity index (χ4n) is 5.04. The minimum atomic E-state index is -4.48. The Hall–Kier alpha value is -2.12. The average Bonchev–Trinajstić information content (AvgIpc) is 2.87. The third kappa shape index (κ3) is 7.00. The van der Waals surface area contributed by atoms with Gasteiger partial charge >= 0.3 is 6.18 Å². The molecule has 1 aromatic carbocycles. The van der Waals surface area contributed by atoms with Gasteiger partial charge in [0.1, 0.15) is 11.4 Å². The second kappa shape index (κ2) is 13.4. The van der Waals surface area contributed by atoms with Crippen LogP contribution < -0.4 is 0 Å². The number of aromatic nitrogens is 1. The average molecular weight is 507 g/mol. The van der Waals surface area contributed by atoms with Crippen LogP contribution in [0.2, 0.25) is 0 Å². The molecule has 1 aromatic heterocycles. The van der Waals surface area contributed by atoms with Crippen molar-refractivity contribution < 1.29 is 23.0 Å². The van der Waals surface area contributed by atoms with Gasteiger partial charge in [0.05, 0.1) is 13.2 Å². The molecule has 200 valence electrons. The third-order valence-corrected chi connectivity index (χ3v) is 7.07. The highest BCUT2D eigenvalue weighted by Crippen LogP contribution is 2.43. The van der Waals surface area contributed by atoms with E-state index in [1.165, 1.54) is 17.8 Å². The molecule has 0 bridgehead atoms. The highest BCUT2D eigenvalue weighted by atomic mass is 19.4. The molecule has 3 rings (SSSR count). The maximum Gasteiger partial charge on any atom is 0.433 e. The molecule has 0 radical (unpaired) electrons. The molecule has 0 atom stereocenters. The van der Waals surface area contributed by atoms with Crippen LogP contribution in [0.25, 0.3) is 11.1 Å². The SMILES string of the molecule is CCCCc1c(O)c(CCCC)c(-c2ccc(C(F)(F)F)nc2)c(CCCC)c1CN1CCOCC1. The molecule has 0 amide bonds. The van der Waals surface area contributed by atoms with Gasteiger partial charge in [-0.2, -0.15) is 13.2 Å². The van der Waals surface area contributed by atoms with Crippen molar-refractivity contribution in [3.8, 4) is 16.9 Å². The second-order valence-electron chi connectivity index (χ2n) is 9.77. The van der Waals surface area contributed by atoms with E-state index in [1.807, 2.05) is 0 Å². The van der Waals surface area contributed by atoms with Gasteiger partial charge in [0.25, 0.3) is 0 Å². The number of hydrogen-bond acceptors (Lipinski definition) is 4. The number of hydrogen-bond donors (Lipinski definition) is 1. The van der Waals surface area contributed by atoms with Gasteiger partial charge in [-0.1, -0.05) is 46.1 Å². The van der Waals surface area contributed by atoms with Gasteiger partial charge in [-0.05, 0) is 66.8 Å². The molecule has 1 aliphatic heterocycles. The molecule has 7 heteroatoms. The van der Waals surface area contributed by atoms with Gasteiger partial charge in [-0.3, -0.25) is 9.88 Å². The summed E-state index contributed by atoms with van der Waals surface area (Å²) in [6, 6.07) is 2.59. The van der Waals surface area contributed by atoms with Crippen LogP contribution in [0.15, 0.2) is 18.3 Å². The standard InChI is InChI=1S/C29H41F3N2O2/c1-4-7-10-22-25(20-34-15-17-36-18-16-34)23(11-8-5-2)28(35)24(12-9-6-3)27(22)21-13-14-26(33-19-21)29(30,31)32/h13-14,19,35H,4-12,15-18,20H2,1-3H3. The van der Waals surface area contributed by atoms with Gasteiger partial charge in [0.15, 0.2) is 0 Å². The first-order chi connectivity index (χ1) is 17.3. The number of pyridine rings is 1. The Kier molecular flexibility index (Phi) is 10.6. The summed E-state index contributed by atoms with van der Waals surface area (Å²) in [5.74, 6) is 0.329. The lowest BCUT2D eigenvalue weighted by molar-refractivity contribution is -0.141. The quantitative estimate of drug-likeness (QED) is 0.327. The Bertz CT molecular complexity index is 968. The lowest BCUT2D eigenvalue weighted by Crippen LogP contribution is -2.36. The zero-order valence-corrected chi connectivity index (χ0v) is 22.0. The second-order valence-corrected chi connectivity index (χ2v) is 9.77. The van der Waals surface area contributed by atoms with Crippen LogP contribution >= 0.6 is 0 Å². The molecule has 36 heavy (non-hydrogen) atoms. The minimum Gasteiger partial charge on any atom is -0.507 e. The molecular formula is C29H41F3N2O2. The van der Waals surface area contributed by atoms with Crippen molar-refractivity contribution in [1.82, 2.24) is 9.88 Å². The first-order valence-corrected chi connectivity index (χ1v) is 13.5. The zero-order valence-electron chi connectivity index (χ0n) is 22.0. The Morgan fingerprint density at radius 2 is 1.44 bits per heavy atom. The van der Waals surface area contributed by atoms with E-state index in [1.54, 1.807) is 0 Å². The van der Waals surface area contributed by atoms with Crippen LogP contribution in [0.1, 0.15) is 87.2 Å². The highest BCUT2D eigenvalue weighted by Gasteiger charge is 2.32. The van der Waals surface area contributed by atoms with Gasteiger partial charge < -0.3 is 9.84 Å². The Labute approximate surface area is 213 Å². The number of rotatable bonds is 12. The lowest BCUT2D eigenvalue weighted by Gasteiger charge is -2.31. The first-order valence-electron chi connectivity index (χ1n) is 13.5. The van der Waals surface area contributed by atoms with Crippen molar-refractivity contribution >= 4 is 0 Å². The van der Waals surface area contributed by atoms with Gasteiger partial charge in [0.2, 0.25) is 0 Å². The van der Waals surface area contributed by atoms with Crippen molar-refractivity contribution in [2.45, 2.75) is 91.3 Å². The Balaban J connectivity index is 2.25. The molecule has 0 saturated carbocycles. The molecule has 0 unspecified atom stereocenters. The molecule has 2 heterocycles. The summed E-state index contributed by atoms with van der Waals surface area (Å²) in [5.41, 5.74) is 4.84. The molecule has 4 nitrogen and oxygen atoms in total. The summed E-state index contributed by atoms with van der Waals surface area (Å²) < 4.78 is 45.3. The van der Waals surface area contributed by atoms with Crippen molar-refractivity contribution in [3.05, 3.63) is 46.3 Å². The summed E-state index contributed by atoms with van der Waals surface area (Å²) in [6.07, 6.45) is 5.02. The maximum absolute atomic E-state index is 13.3. The number of phenolic OH excluding ortho intramolecular Hbond substituents is 1.